The lowest BCUT2D eigenvalue weighted by Crippen LogP contribution is -2.40. The van der Waals surface area contributed by atoms with Gasteiger partial charge in [0, 0.05) is 12.2 Å². The fraction of sp³-hybridized carbons (Fsp3) is 0.481. The molecule has 2 aromatic rings. The molecule has 1 heterocycles. The number of likely N-dealkylation sites (N-methyl/N-ethyl adjacent to an activating group) is 1. The third-order valence-corrected chi connectivity index (χ3v) is 7.34. The highest BCUT2D eigenvalue weighted by molar-refractivity contribution is 5.98. The number of amides is 1. The predicted octanol–water partition coefficient (Wildman–Crippen LogP) is 5.20. The summed E-state index contributed by atoms with van der Waals surface area (Å²) in [4.78, 5) is 25.6. The van der Waals surface area contributed by atoms with Gasteiger partial charge in [-0.25, -0.2) is 0 Å². The first-order valence-corrected chi connectivity index (χ1v) is 12.3. The van der Waals surface area contributed by atoms with Crippen LogP contribution in [-0.2, 0) is 28.8 Å². The Bertz CT molecular complexity index is 1140. The Balaban J connectivity index is 1.49. The molecule has 0 saturated heterocycles. The molecule has 36 heavy (non-hydrogen) atoms. The number of ether oxygens (including phenoxy) is 1. The highest BCUT2D eigenvalue weighted by Crippen LogP contribution is 2.42. The summed E-state index contributed by atoms with van der Waals surface area (Å²) in [6.45, 7) is 2.30. The van der Waals surface area contributed by atoms with E-state index in [1.54, 1.807) is 29.2 Å². The highest BCUT2D eigenvalue weighted by atomic mass is 19.4. The lowest BCUT2D eigenvalue weighted by Gasteiger charge is -2.21. The third-order valence-electron chi connectivity index (χ3n) is 7.34. The normalized spacial score (nSPS) is 16.8. The van der Waals surface area contributed by atoms with Crippen LogP contribution in [0.5, 0.6) is 5.75 Å². The number of carboxylic acids is 1. The van der Waals surface area contributed by atoms with Gasteiger partial charge in [0.1, 0.15) is 18.4 Å². The molecule has 1 aliphatic heterocycles. The number of anilines is 1. The van der Waals surface area contributed by atoms with Gasteiger partial charge in [0.15, 0.2) is 0 Å². The molecule has 0 aromatic heterocycles. The summed E-state index contributed by atoms with van der Waals surface area (Å²) >= 11 is 0. The minimum atomic E-state index is -4.42. The van der Waals surface area contributed by atoms with Gasteiger partial charge in [0.25, 0.3) is 0 Å². The maximum Gasteiger partial charge on any atom is 0.416 e. The van der Waals surface area contributed by atoms with E-state index in [4.69, 9.17) is 4.74 Å². The Hall–Kier alpha value is -3.07. The zero-order valence-electron chi connectivity index (χ0n) is 20.5. The van der Waals surface area contributed by atoms with Crippen LogP contribution in [0.25, 0.3) is 0 Å². The number of hydrogen-bond acceptors (Lipinski definition) is 4. The van der Waals surface area contributed by atoms with Gasteiger partial charge in [-0.05, 0) is 79.6 Å². The van der Waals surface area contributed by atoms with E-state index in [-0.39, 0.29) is 24.9 Å². The number of carbonyl (C=O) groups is 2. The molecule has 1 fully saturated rings. The van der Waals surface area contributed by atoms with Crippen molar-refractivity contribution in [3.8, 4) is 5.75 Å². The van der Waals surface area contributed by atoms with E-state index < -0.39 is 23.8 Å². The molecule has 9 heteroatoms. The maximum absolute atomic E-state index is 13.8. The smallest absolute Gasteiger partial charge is 0.416 e. The van der Waals surface area contributed by atoms with Crippen molar-refractivity contribution in [1.29, 1.82) is 0 Å². The van der Waals surface area contributed by atoms with Gasteiger partial charge in [0.05, 0.1) is 12.0 Å². The maximum atomic E-state index is 13.8. The van der Waals surface area contributed by atoms with Gasteiger partial charge < -0.3 is 20.1 Å². The predicted molar refractivity (Wildman–Crippen MR) is 129 cm³/mol. The van der Waals surface area contributed by atoms with Crippen LogP contribution >= 0.6 is 0 Å². The molecule has 0 spiro atoms. The number of nitrogens with zero attached hydrogens (tertiary/aromatic N) is 1. The summed E-state index contributed by atoms with van der Waals surface area (Å²) in [5, 5.41) is 11.8. The van der Waals surface area contributed by atoms with Crippen molar-refractivity contribution in [1.82, 2.24) is 5.32 Å². The van der Waals surface area contributed by atoms with Crippen LogP contribution in [0.3, 0.4) is 0 Å². The molecule has 2 aliphatic rings. The lowest BCUT2D eigenvalue weighted by molar-refractivity contribution is -0.141. The molecule has 194 valence electrons. The number of halogens is 3. The van der Waals surface area contributed by atoms with Crippen molar-refractivity contribution in [2.45, 2.75) is 70.2 Å². The second-order valence-corrected chi connectivity index (χ2v) is 9.55. The van der Waals surface area contributed by atoms with Gasteiger partial charge in [-0.2, -0.15) is 13.2 Å². The molecule has 4 rings (SSSR count). The minimum Gasteiger partial charge on any atom is -0.489 e. The summed E-state index contributed by atoms with van der Waals surface area (Å²) in [6, 6.07) is 7.02. The second-order valence-electron chi connectivity index (χ2n) is 9.55. The van der Waals surface area contributed by atoms with Crippen LogP contribution in [0, 0.1) is 6.92 Å². The summed E-state index contributed by atoms with van der Waals surface area (Å²) in [6.07, 6.45) is -0.486. The Morgan fingerprint density at radius 2 is 1.92 bits per heavy atom. The van der Waals surface area contributed by atoms with Gasteiger partial charge in [-0.15, -0.1) is 0 Å². The van der Waals surface area contributed by atoms with E-state index >= 15 is 0 Å². The van der Waals surface area contributed by atoms with Crippen LogP contribution in [0.2, 0.25) is 0 Å². The van der Waals surface area contributed by atoms with Crippen molar-refractivity contribution in [2.75, 3.05) is 18.5 Å². The lowest BCUT2D eigenvalue weighted by atomic mass is 9.91. The highest BCUT2D eigenvalue weighted by Gasteiger charge is 2.36. The van der Waals surface area contributed by atoms with Crippen LogP contribution in [-0.4, -0.2) is 36.6 Å². The number of hydrogen-bond donors (Lipinski definition) is 2. The summed E-state index contributed by atoms with van der Waals surface area (Å²) < 4.78 is 47.3. The van der Waals surface area contributed by atoms with Crippen molar-refractivity contribution in [2.24, 2.45) is 0 Å². The van der Waals surface area contributed by atoms with E-state index in [1.807, 2.05) is 6.92 Å². The molecule has 1 saturated carbocycles. The van der Waals surface area contributed by atoms with Gasteiger partial charge in [-0.3, -0.25) is 9.59 Å². The van der Waals surface area contributed by atoms with Crippen LogP contribution in [0.15, 0.2) is 30.3 Å². The zero-order chi connectivity index (χ0) is 26.0. The SMILES string of the molecule is CNC(CC(=O)N1CCc2c1ccc(OCc1ccc(C3CCCC3)c(C(F)(F)F)c1)c2C)C(=O)O. The molecule has 1 atom stereocenters. The monoisotopic (exact) mass is 504 g/mol. The molecule has 1 aliphatic carbocycles. The molecule has 0 bridgehead atoms. The molecule has 2 aromatic carbocycles. The van der Waals surface area contributed by atoms with E-state index in [1.165, 1.54) is 13.1 Å². The number of nitrogens with one attached hydrogen (secondary N) is 1. The Morgan fingerprint density at radius 3 is 2.56 bits per heavy atom. The van der Waals surface area contributed by atoms with E-state index in [0.29, 0.717) is 35.5 Å². The molecule has 1 unspecified atom stereocenters. The molecular formula is C27H31F3N2O4. The fourth-order valence-electron chi connectivity index (χ4n) is 5.34. The number of rotatable bonds is 8. The Labute approximate surface area is 208 Å². The fourth-order valence-corrected chi connectivity index (χ4v) is 5.34. The van der Waals surface area contributed by atoms with Crippen molar-refractivity contribution >= 4 is 17.6 Å². The van der Waals surface area contributed by atoms with E-state index in [9.17, 15) is 27.9 Å². The molecule has 1 amide bonds. The molecular weight excluding hydrogens is 473 g/mol. The third kappa shape index (κ3) is 5.36. The first kappa shape index (κ1) is 26.0. The zero-order valence-corrected chi connectivity index (χ0v) is 20.5. The molecule has 6 nitrogen and oxygen atoms in total. The van der Waals surface area contributed by atoms with Crippen LogP contribution < -0.4 is 15.0 Å². The number of benzene rings is 2. The minimum absolute atomic E-state index is 0.00123. The van der Waals surface area contributed by atoms with Crippen molar-refractivity contribution in [3.63, 3.8) is 0 Å². The first-order chi connectivity index (χ1) is 17.1. The standard InChI is InChI=1S/C27H31F3N2O4/c1-16-19-11-12-32(25(33)14-22(31-2)26(34)35)23(19)9-10-24(16)36-15-17-7-8-20(18-5-3-4-6-18)21(13-17)27(28,29)30/h7-10,13,18,22,31H,3-6,11-12,14-15H2,1-2H3,(H,34,35). The van der Waals surface area contributed by atoms with Crippen LogP contribution in [0.1, 0.15) is 65.8 Å². The van der Waals surface area contributed by atoms with E-state index in [0.717, 1.165) is 36.8 Å². The van der Waals surface area contributed by atoms with Gasteiger partial charge in [0.2, 0.25) is 5.91 Å². The number of aliphatic carboxylic acids is 1. The van der Waals surface area contributed by atoms with Crippen LogP contribution in [0.4, 0.5) is 18.9 Å². The summed E-state index contributed by atoms with van der Waals surface area (Å²) in [5.41, 5.74) is 2.72. The van der Waals surface area contributed by atoms with Crippen molar-refractivity contribution < 1.29 is 32.6 Å². The number of fused-ring (bicyclic) bond motifs is 1. The first-order valence-electron chi connectivity index (χ1n) is 12.3. The average molecular weight is 505 g/mol. The topological polar surface area (TPSA) is 78.9 Å². The number of alkyl halides is 3. The molecule has 0 radical (unpaired) electrons. The van der Waals surface area contributed by atoms with Gasteiger partial charge >= 0.3 is 12.1 Å². The Morgan fingerprint density at radius 1 is 1.19 bits per heavy atom. The average Bonchev–Trinajstić information content (AvgIpc) is 3.52. The van der Waals surface area contributed by atoms with E-state index in [2.05, 4.69) is 5.32 Å². The Kier molecular flexibility index (Phi) is 7.59. The number of carbonyl (C=O) groups excluding carboxylic acids is 1. The largest absolute Gasteiger partial charge is 0.489 e. The summed E-state index contributed by atoms with van der Waals surface area (Å²) in [7, 11) is 1.50. The quantitative estimate of drug-likeness (QED) is 0.517. The molecule has 2 N–H and O–H groups in total. The van der Waals surface area contributed by atoms with Gasteiger partial charge in [-0.1, -0.05) is 25.0 Å². The summed E-state index contributed by atoms with van der Waals surface area (Å²) in [5.74, 6) is -0.865. The second kappa shape index (κ2) is 10.5. The van der Waals surface area contributed by atoms with Crippen molar-refractivity contribution in [3.05, 3.63) is 58.1 Å². The number of carboxylic acid groups (broad SMARTS) is 1.